The van der Waals surface area contributed by atoms with Crippen molar-refractivity contribution in [3.05, 3.63) is 101 Å². The van der Waals surface area contributed by atoms with Gasteiger partial charge in [-0.05, 0) is 61.7 Å². The van der Waals surface area contributed by atoms with Crippen molar-refractivity contribution in [1.82, 2.24) is 0 Å². The van der Waals surface area contributed by atoms with E-state index in [-0.39, 0.29) is 5.91 Å². The van der Waals surface area contributed by atoms with Gasteiger partial charge in [0.1, 0.15) is 13.1 Å². The summed E-state index contributed by atoms with van der Waals surface area (Å²) in [7, 11) is 0. The van der Waals surface area contributed by atoms with E-state index >= 15 is 0 Å². The van der Waals surface area contributed by atoms with Crippen LogP contribution in [0.15, 0.2) is 72.8 Å². The molecule has 0 spiro atoms. The molecular formula is C32H40F3N2O+. The van der Waals surface area contributed by atoms with Gasteiger partial charge in [0.05, 0.1) is 12.1 Å². The van der Waals surface area contributed by atoms with Crippen molar-refractivity contribution in [3.8, 4) is 0 Å². The molecule has 0 fully saturated rings. The summed E-state index contributed by atoms with van der Waals surface area (Å²) in [6.45, 7) is 6.47. The molecule has 0 saturated heterocycles. The molecule has 0 bridgehead atoms. The number of aryl methyl sites for hydroxylation is 1. The quantitative estimate of drug-likeness (QED) is 0.210. The molecule has 0 aliphatic carbocycles. The third-order valence-electron chi connectivity index (χ3n) is 6.94. The predicted octanol–water partition coefficient (Wildman–Crippen LogP) is 7.47. The number of hydrogen-bond donors (Lipinski definition) is 2. The molecule has 3 aromatic carbocycles. The molecular weight excluding hydrogens is 485 g/mol. The van der Waals surface area contributed by atoms with Crippen LogP contribution in [0.5, 0.6) is 0 Å². The molecule has 0 radical (unpaired) electrons. The van der Waals surface area contributed by atoms with Crippen molar-refractivity contribution in [2.75, 3.05) is 11.9 Å². The Labute approximate surface area is 225 Å². The molecule has 0 aliphatic rings. The molecule has 3 aromatic rings. The minimum Gasteiger partial charge on any atom is -0.328 e. The first-order valence-electron chi connectivity index (χ1n) is 13.8. The summed E-state index contributed by atoms with van der Waals surface area (Å²) in [5, 5.41) is 2.97. The van der Waals surface area contributed by atoms with Crippen molar-refractivity contribution < 1.29 is 22.9 Å². The van der Waals surface area contributed by atoms with Crippen LogP contribution in [0, 0.1) is 0 Å². The fraction of sp³-hybridized carbons (Fsp3) is 0.406. The number of nitrogens with one attached hydrogen (secondary N) is 2. The fourth-order valence-electron chi connectivity index (χ4n) is 4.54. The Morgan fingerprint density at radius 3 is 1.79 bits per heavy atom. The van der Waals surface area contributed by atoms with Gasteiger partial charge in [-0.2, -0.15) is 13.2 Å². The maximum atomic E-state index is 12.8. The second-order valence-electron chi connectivity index (χ2n) is 10.0. The standard InChI is InChI=1S/C32H39F3N2O/c1-3-5-6-7-8-9-10-25-15-21-30(22-16-25)36-31(38)28-17-11-26(12-18-28)23-37(4-2)24-27-13-19-29(20-14-27)32(33,34)35/h11-22H,3-10,23-24H2,1-2H3,(H,36,38)/p+1. The first-order chi connectivity index (χ1) is 18.3. The highest BCUT2D eigenvalue weighted by molar-refractivity contribution is 6.04. The number of halogens is 3. The summed E-state index contributed by atoms with van der Waals surface area (Å²) in [5.74, 6) is -0.148. The minimum absolute atomic E-state index is 0.148. The van der Waals surface area contributed by atoms with Gasteiger partial charge in [0.2, 0.25) is 0 Å². The summed E-state index contributed by atoms with van der Waals surface area (Å²) in [4.78, 5) is 14.0. The van der Waals surface area contributed by atoms with Crippen LogP contribution in [0.1, 0.15) is 85.0 Å². The van der Waals surface area contributed by atoms with E-state index in [2.05, 4.69) is 31.3 Å². The van der Waals surface area contributed by atoms with Gasteiger partial charge >= 0.3 is 6.18 Å². The van der Waals surface area contributed by atoms with Crippen LogP contribution in [0.25, 0.3) is 0 Å². The molecule has 0 heterocycles. The number of anilines is 1. The molecule has 1 atom stereocenters. The van der Waals surface area contributed by atoms with Crippen molar-refractivity contribution in [1.29, 1.82) is 0 Å². The average molecular weight is 526 g/mol. The van der Waals surface area contributed by atoms with Gasteiger partial charge in [-0.25, -0.2) is 0 Å². The molecule has 1 unspecified atom stereocenters. The van der Waals surface area contributed by atoms with Crippen molar-refractivity contribution in [2.24, 2.45) is 0 Å². The van der Waals surface area contributed by atoms with Crippen LogP contribution in [-0.2, 0) is 25.7 Å². The summed E-state index contributed by atoms with van der Waals surface area (Å²) >= 11 is 0. The van der Waals surface area contributed by atoms with Gasteiger partial charge in [0, 0.05) is 22.4 Å². The molecule has 0 saturated carbocycles. The summed E-state index contributed by atoms with van der Waals surface area (Å²) in [6.07, 6.45) is 4.43. The van der Waals surface area contributed by atoms with E-state index in [1.165, 1.54) is 49.0 Å². The van der Waals surface area contributed by atoms with E-state index in [4.69, 9.17) is 0 Å². The first-order valence-corrected chi connectivity index (χ1v) is 13.8. The second-order valence-corrected chi connectivity index (χ2v) is 10.0. The molecule has 3 rings (SSSR count). The van der Waals surface area contributed by atoms with E-state index in [1.54, 1.807) is 12.1 Å². The monoisotopic (exact) mass is 525 g/mol. The number of hydrogen-bond acceptors (Lipinski definition) is 1. The minimum atomic E-state index is -4.32. The zero-order valence-corrected chi connectivity index (χ0v) is 22.5. The molecule has 0 aliphatic heterocycles. The summed E-state index contributed by atoms with van der Waals surface area (Å²) in [6, 6.07) is 21.0. The highest BCUT2D eigenvalue weighted by atomic mass is 19.4. The molecule has 0 aromatic heterocycles. The van der Waals surface area contributed by atoms with E-state index in [0.29, 0.717) is 12.1 Å². The lowest BCUT2D eigenvalue weighted by molar-refractivity contribution is -0.925. The number of alkyl halides is 3. The zero-order chi connectivity index (χ0) is 27.4. The molecule has 6 heteroatoms. The van der Waals surface area contributed by atoms with Gasteiger partial charge < -0.3 is 10.2 Å². The molecule has 38 heavy (non-hydrogen) atoms. The number of unbranched alkanes of at least 4 members (excludes halogenated alkanes) is 5. The Bertz CT molecular complexity index is 1110. The summed E-state index contributed by atoms with van der Waals surface area (Å²) < 4.78 is 38.4. The largest absolute Gasteiger partial charge is 0.416 e. The highest BCUT2D eigenvalue weighted by Gasteiger charge is 2.30. The maximum absolute atomic E-state index is 12.8. The lowest BCUT2D eigenvalue weighted by Gasteiger charge is -2.18. The average Bonchev–Trinajstić information content (AvgIpc) is 2.91. The van der Waals surface area contributed by atoms with E-state index in [9.17, 15) is 18.0 Å². The number of quaternary nitrogens is 1. The van der Waals surface area contributed by atoms with Gasteiger partial charge in [0.15, 0.2) is 0 Å². The lowest BCUT2D eigenvalue weighted by atomic mass is 10.0. The number of carbonyl (C=O) groups is 1. The molecule has 3 nitrogen and oxygen atoms in total. The van der Waals surface area contributed by atoms with Crippen molar-refractivity contribution >= 4 is 11.6 Å². The Kier molecular flexibility index (Phi) is 11.4. The molecule has 1 amide bonds. The van der Waals surface area contributed by atoms with Gasteiger partial charge in [-0.15, -0.1) is 0 Å². The Balaban J connectivity index is 1.47. The smallest absolute Gasteiger partial charge is 0.328 e. The van der Waals surface area contributed by atoms with E-state index in [0.717, 1.165) is 48.5 Å². The lowest BCUT2D eigenvalue weighted by Crippen LogP contribution is -3.09. The molecule has 204 valence electrons. The first kappa shape index (κ1) is 29.4. The molecule has 2 N–H and O–H groups in total. The third kappa shape index (κ3) is 9.64. The SMILES string of the molecule is CCCCCCCCc1ccc(NC(=O)c2ccc(C[NH+](CC)Cc3ccc(C(F)(F)F)cc3)cc2)cc1. The predicted molar refractivity (Wildman–Crippen MR) is 148 cm³/mol. The van der Waals surface area contributed by atoms with E-state index < -0.39 is 11.7 Å². The van der Waals surface area contributed by atoms with Gasteiger partial charge in [-0.3, -0.25) is 4.79 Å². The number of benzene rings is 3. The van der Waals surface area contributed by atoms with Gasteiger partial charge in [0.25, 0.3) is 5.91 Å². The second kappa shape index (κ2) is 14.7. The Morgan fingerprint density at radius 1 is 0.711 bits per heavy atom. The third-order valence-corrected chi connectivity index (χ3v) is 6.94. The van der Waals surface area contributed by atoms with Crippen LogP contribution in [-0.4, -0.2) is 12.5 Å². The van der Waals surface area contributed by atoms with Crippen molar-refractivity contribution in [2.45, 2.75) is 78.1 Å². The van der Waals surface area contributed by atoms with Gasteiger partial charge in [-0.1, -0.05) is 75.4 Å². The topological polar surface area (TPSA) is 33.5 Å². The van der Waals surface area contributed by atoms with Crippen LogP contribution in [0.4, 0.5) is 18.9 Å². The Morgan fingerprint density at radius 2 is 1.24 bits per heavy atom. The van der Waals surface area contributed by atoms with Crippen LogP contribution in [0.3, 0.4) is 0 Å². The van der Waals surface area contributed by atoms with E-state index in [1.807, 2.05) is 36.4 Å². The normalized spacial score (nSPS) is 12.3. The maximum Gasteiger partial charge on any atom is 0.416 e. The Hall–Kier alpha value is -3.12. The van der Waals surface area contributed by atoms with Crippen LogP contribution in [0.2, 0.25) is 0 Å². The summed E-state index contributed by atoms with van der Waals surface area (Å²) in [5.41, 5.74) is 3.97. The number of amides is 1. The number of carbonyl (C=O) groups excluding carboxylic acids is 1. The number of rotatable bonds is 14. The highest BCUT2D eigenvalue weighted by Crippen LogP contribution is 2.29. The fourth-order valence-corrected chi connectivity index (χ4v) is 4.54. The van der Waals surface area contributed by atoms with Crippen LogP contribution < -0.4 is 10.2 Å². The van der Waals surface area contributed by atoms with Crippen LogP contribution >= 0.6 is 0 Å². The van der Waals surface area contributed by atoms with Crippen molar-refractivity contribution in [3.63, 3.8) is 0 Å². The zero-order valence-electron chi connectivity index (χ0n) is 22.5.